The molecule has 0 aliphatic carbocycles. The molecule has 7 nitrogen and oxygen atoms in total. The van der Waals surface area contributed by atoms with Crippen molar-refractivity contribution in [1.29, 1.82) is 0 Å². The number of carbonyl (C=O) groups excluding carboxylic acids is 1. The summed E-state index contributed by atoms with van der Waals surface area (Å²) in [7, 11) is 0. The van der Waals surface area contributed by atoms with Gasteiger partial charge in [-0.25, -0.2) is 9.97 Å². The molecule has 7 heteroatoms. The first-order chi connectivity index (χ1) is 14.0. The second-order valence-electron chi connectivity index (χ2n) is 7.07. The molecule has 1 amide bonds. The third kappa shape index (κ3) is 4.13. The van der Waals surface area contributed by atoms with Gasteiger partial charge in [0.2, 0.25) is 6.79 Å². The number of aryl methyl sites for hydroxylation is 1. The fraction of sp³-hybridized carbons (Fsp3) is 0.227. The minimum absolute atomic E-state index is 0.216. The number of nitrogens with one attached hydrogen (secondary N) is 2. The fourth-order valence-electron chi connectivity index (χ4n) is 3.17. The summed E-state index contributed by atoms with van der Waals surface area (Å²) in [6, 6.07) is 14.9. The van der Waals surface area contributed by atoms with Crippen LogP contribution in [0.2, 0.25) is 0 Å². The van der Waals surface area contributed by atoms with Crippen molar-refractivity contribution < 1.29 is 14.3 Å². The molecule has 29 heavy (non-hydrogen) atoms. The van der Waals surface area contributed by atoms with Crippen LogP contribution < -0.4 is 20.1 Å². The van der Waals surface area contributed by atoms with Gasteiger partial charge in [-0.15, -0.1) is 0 Å². The number of amides is 1. The van der Waals surface area contributed by atoms with Gasteiger partial charge >= 0.3 is 0 Å². The summed E-state index contributed by atoms with van der Waals surface area (Å²) < 4.78 is 10.7. The van der Waals surface area contributed by atoms with Crippen LogP contribution in [0.5, 0.6) is 11.5 Å². The molecule has 0 spiro atoms. The van der Waals surface area contributed by atoms with Crippen LogP contribution >= 0.6 is 0 Å². The fourth-order valence-corrected chi connectivity index (χ4v) is 3.17. The topological polar surface area (TPSA) is 85.4 Å². The molecule has 0 unspecified atom stereocenters. The quantitative estimate of drug-likeness (QED) is 0.660. The molecule has 2 N–H and O–H groups in total. The van der Waals surface area contributed by atoms with Crippen LogP contribution in [0.25, 0.3) is 0 Å². The Morgan fingerprint density at radius 2 is 1.83 bits per heavy atom. The van der Waals surface area contributed by atoms with E-state index < -0.39 is 0 Å². The monoisotopic (exact) mass is 390 g/mol. The maximum absolute atomic E-state index is 12.8. The van der Waals surface area contributed by atoms with Crippen LogP contribution in [0.1, 0.15) is 41.6 Å². The van der Waals surface area contributed by atoms with E-state index in [-0.39, 0.29) is 12.7 Å². The van der Waals surface area contributed by atoms with Gasteiger partial charge in [-0.05, 0) is 36.6 Å². The predicted molar refractivity (Wildman–Crippen MR) is 111 cm³/mol. The molecule has 1 aliphatic rings. The Morgan fingerprint density at radius 1 is 1.03 bits per heavy atom. The van der Waals surface area contributed by atoms with Gasteiger partial charge in [0.1, 0.15) is 17.3 Å². The number of aromatic nitrogens is 2. The summed E-state index contributed by atoms with van der Waals surface area (Å²) in [4.78, 5) is 21.5. The van der Waals surface area contributed by atoms with Crippen LogP contribution in [0.3, 0.4) is 0 Å². The Kier molecular flexibility index (Phi) is 5.03. The summed E-state index contributed by atoms with van der Waals surface area (Å²) in [6.45, 7) is 6.15. The molecule has 0 atom stereocenters. The largest absolute Gasteiger partial charge is 0.454 e. The van der Waals surface area contributed by atoms with Crippen molar-refractivity contribution >= 4 is 23.1 Å². The van der Waals surface area contributed by atoms with E-state index >= 15 is 0 Å². The van der Waals surface area contributed by atoms with Gasteiger partial charge in [-0.3, -0.25) is 4.79 Å². The zero-order chi connectivity index (χ0) is 20.4. The van der Waals surface area contributed by atoms with Crippen molar-refractivity contribution in [3.63, 3.8) is 0 Å². The number of carbonyl (C=O) groups is 1. The number of para-hydroxylation sites is 1. The van der Waals surface area contributed by atoms with Gasteiger partial charge in [0.15, 0.2) is 11.5 Å². The molecule has 1 aliphatic heterocycles. The zero-order valence-electron chi connectivity index (χ0n) is 16.5. The molecule has 2 heterocycles. The Balaban J connectivity index is 1.56. The van der Waals surface area contributed by atoms with E-state index in [9.17, 15) is 4.79 Å². The highest BCUT2D eigenvalue weighted by Gasteiger charge is 2.16. The molecular formula is C22H22N4O3. The normalized spacial score (nSPS) is 12.1. The van der Waals surface area contributed by atoms with Gasteiger partial charge in [-0.2, -0.15) is 0 Å². The number of rotatable bonds is 5. The first-order valence-electron chi connectivity index (χ1n) is 9.42. The Hall–Kier alpha value is -3.61. The van der Waals surface area contributed by atoms with Crippen molar-refractivity contribution in [3.8, 4) is 11.5 Å². The number of fused-ring (bicyclic) bond motifs is 1. The highest BCUT2D eigenvalue weighted by atomic mass is 16.7. The lowest BCUT2D eigenvalue weighted by Gasteiger charge is -2.14. The van der Waals surface area contributed by atoms with Crippen LogP contribution in [0.4, 0.5) is 17.2 Å². The number of hydrogen-bond acceptors (Lipinski definition) is 6. The second kappa shape index (κ2) is 7.79. The first-order valence-corrected chi connectivity index (χ1v) is 9.42. The van der Waals surface area contributed by atoms with Crippen LogP contribution in [-0.2, 0) is 0 Å². The first kappa shape index (κ1) is 18.7. The van der Waals surface area contributed by atoms with Gasteiger partial charge in [0, 0.05) is 23.5 Å². The van der Waals surface area contributed by atoms with E-state index in [0.29, 0.717) is 34.8 Å². The predicted octanol–water partition coefficient (Wildman–Crippen LogP) is 4.63. The minimum atomic E-state index is -0.280. The number of nitrogens with zero attached hydrogens (tertiary/aromatic N) is 2. The summed E-state index contributed by atoms with van der Waals surface area (Å²) in [5.74, 6) is 2.42. The van der Waals surface area contributed by atoms with Gasteiger partial charge < -0.3 is 20.1 Å². The highest BCUT2D eigenvalue weighted by molar-refractivity contribution is 6.03. The van der Waals surface area contributed by atoms with Crippen molar-refractivity contribution in [2.45, 2.75) is 26.7 Å². The standard InChI is InChI=1S/C22H22N4O3/c1-13(2)16-6-4-5-7-17(16)26-22(27)18-11-21(24-14(3)23-18)25-15-8-9-19-20(10-15)29-12-28-19/h4-11,13H,12H2,1-3H3,(H,26,27)(H,23,24,25). The molecule has 0 fully saturated rings. The third-order valence-electron chi connectivity index (χ3n) is 4.55. The molecule has 3 aromatic rings. The SMILES string of the molecule is Cc1nc(Nc2ccc3c(c2)OCO3)cc(C(=O)Nc2ccccc2C(C)C)n1. The number of hydrogen-bond donors (Lipinski definition) is 2. The number of ether oxygens (including phenoxy) is 2. The van der Waals surface area contributed by atoms with E-state index in [0.717, 1.165) is 16.9 Å². The molecule has 0 saturated carbocycles. The smallest absolute Gasteiger partial charge is 0.274 e. The molecule has 148 valence electrons. The molecule has 1 aromatic heterocycles. The van der Waals surface area contributed by atoms with E-state index in [1.54, 1.807) is 13.0 Å². The maximum atomic E-state index is 12.8. The lowest BCUT2D eigenvalue weighted by Crippen LogP contribution is -2.16. The van der Waals surface area contributed by atoms with Crippen molar-refractivity contribution in [1.82, 2.24) is 9.97 Å². The lowest BCUT2D eigenvalue weighted by atomic mass is 10.0. The van der Waals surface area contributed by atoms with Crippen molar-refractivity contribution in [2.75, 3.05) is 17.4 Å². The summed E-state index contributed by atoms with van der Waals surface area (Å²) >= 11 is 0. The molecule has 0 radical (unpaired) electrons. The van der Waals surface area contributed by atoms with E-state index in [2.05, 4.69) is 34.4 Å². The summed E-state index contributed by atoms with van der Waals surface area (Å²) in [5, 5.41) is 6.16. The van der Waals surface area contributed by atoms with Crippen LogP contribution in [-0.4, -0.2) is 22.7 Å². The third-order valence-corrected chi connectivity index (χ3v) is 4.55. The van der Waals surface area contributed by atoms with Gasteiger partial charge in [0.05, 0.1) is 0 Å². The Morgan fingerprint density at radius 3 is 2.66 bits per heavy atom. The van der Waals surface area contributed by atoms with Crippen molar-refractivity contribution in [3.05, 3.63) is 65.6 Å². The molecule has 4 rings (SSSR count). The Labute approximate surface area is 169 Å². The second-order valence-corrected chi connectivity index (χ2v) is 7.07. The Bertz CT molecular complexity index is 1070. The maximum Gasteiger partial charge on any atom is 0.274 e. The van der Waals surface area contributed by atoms with E-state index in [4.69, 9.17) is 9.47 Å². The zero-order valence-corrected chi connectivity index (χ0v) is 16.5. The van der Waals surface area contributed by atoms with Crippen molar-refractivity contribution in [2.24, 2.45) is 0 Å². The summed E-state index contributed by atoms with van der Waals surface area (Å²) in [6.07, 6.45) is 0. The van der Waals surface area contributed by atoms with Crippen LogP contribution in [0, 0.1) is 6.92 Å². The highest BCUT2D eigenvalue weighted by Crippen LogP contribution is 2.35. The van der Waals surface area contributed by atoms with E-state index in [1.807, 2.05) is 42.5 Å². The summed E-state index contributed by atoms with van der Waals surface area (Å²) in [5.41, 5.74) is 2.93. The average molecular weight is 390 g/mol. The van der Waals surface area contributed by atoms with Gasteiger partial charge in [-0.1, -0.05) is 32.0 Å². The molecule has 2 aromatic carbocycles. The minimum Gasteiger partial charge on any atom is -0.454 e. The lowest BCUT2D eigenvalue weighted by molar-refractivity contribution is 0.102. The van der Waals surface area contributed by atoms with Gasteiger partial charge in [0.25, 0.3) is 5.91 Å². The number of benzene rings is 2. The number of anilines is 3. The van der Waals surface area contributed by atoms with E-state index in [1.165, 1.54) is 0 Å². The average Bonchev–Trinajstić information content (AvgIpc) is 3.15. The molecular weight excluding hydrogens is 368 g/mol. The van der Waals surface area contributed by atoms with Crippen LogP contribution in [0.15, 0.2) is 48.5 Å². The molecule has 0 bridgehead atoms. The molecule has 0 saturated heterocycles.